The van der Waals surface area contributed by atoms with Gasteiger partial charge in [-0.15, -0.1) is 11.3 Å². The Bertz CT molecular complexity index is 1220. The Balaban J connectivity index is 1.95. The number of thiazole rings is 1. The van der Waals surface area contributed by atoms with Crippen molar-refractivity contribution in [3.05, 3.63) is 83.4 Å². The van der Waals surface area contributed by atoms with Crippen molar-refractivity contribution < 1.29 is 9.53 Å². The van der Waals surface area contributed by atoms with E-state index >= 15 is 0 Å². The number of rotatable bonds is 4. The van der Waals surface area contributed by atoms with E-state index in [0.717, 1.165) is 10.4 Å². The molecular formula is C20H17N3O3S2. The third kappa shape index (κ3) is 3.25. The van der Waals surface area contributed by atoms with Gasteiger partial charge in [0.25, 0.3) is 5.56 Å². The van der Waals surface area contributed by atoms with E-state index in [1.807, 2.05) is 35.7 Å². The summed E-state index contributed by atoms with van der Waals surface area (Å²) in [6.07, 6.45) is 5.18. The lowest BCUT2D eigenvalue weighted by Gasteiger charge is -2.23. The molecule has 6 nitrogen and oxygen atoms in total. The topological polar surface area (TPSA) is 73.6 Å². The number of nitrogens with zero attached hydrogens (tertiary/aromatic N) is 3. The Hall–Kier alpha value is -2.84. The zero-order valence-electron chi connectivity index (χ0n) is 15.3. The van der Waals surface area contributed by atoms with Gasteiger partial charge in [0.2, 0.25) is 0 Å². The molecule has 0 saturated heterocycles. The van der Waals surface area contributed by atoms with Gasteiger partial charge in [-0.1, -0.05) is 17.4 Å². The van der Waals surface area contributed by atoms with Gasteiger partial charge in [0.05, 0.1) is 22.4 Å². The van der Waals surface area contributed by atoms with Crippen LogP contribution in [0.2, 0.25) is 0 Å². The molecule has 4 heterocycles. The summed E-state index contributed by atoms with van der Waals surface area (Å²) in [5, 5.41) is 1.93. The van der Waals surface area contributed by atoms with E-state index in [4.69, 9.17) is 4.74 Å². The lowest BCUT2D eigenvalue weighted by atomic mass is 10.0. The van der Waals surface area contributed by atoms with E-state index in [1.54, 1.807) is 30.8 Å². The number of hydrogen-bond acceptors (Lipinski definition) is 7. The molecule has 0 spiro atoms. The molecule has 3 aromatic rings. The molecule has 0 bridgehead atoms. The highest BCUT2D eigenvalue weighted by Gasteiger charge is 2.33. The third-order valence-corrected chi connectivity index (χ3v) is 6.24. The Morgan fingerprint density at radius 1 is 1.32 bits per heavy atom. The first-order valence-corrected chi connectivity index (χ1v) is 10.4. The van der Waals surface area contributed by atoms with Crippen LogP contribution in [0.15, 0.2) is 63.1 Å². The van der Waals surface area contributed by atoms with Crippen LogP contribution in [0.3, 0.4) is 0 Å². The first kappa shape index (κ1) is 18.5. The third-order valence-electron chi connectivity index (χ3n) is 4.33. The molecule has 0 amide bonds. The molecule has 0 aromatic carbocycles. The number of allylic oxidation sites excluding steroid dienone is 1. The first-order chi connectivity index (χ1) is 13.6. The van der Waals surface area contributed by atoms with E-state index in [2.05, 4.69) is 9.98 Å². The van der Waals surface area contributed by atoms with Gasteiger partial charge in [-0.3, -0.25) is 14.3 Å². The quantitative estimate of drug-likeness (QED) is 0.618. The number of thiophene rings is 1. The summed E-state index contributed by atoms with van der Waals surface area (Å²) in [5.41, 5.74) is 1.70. The summed E-state index contributed by atoms with van der Waals surface area (Å²) in [6.45, 7) is 3.81. The van der Waals surface area contributed by atoms with Crippen molar-refractivity contribution in [1.29, 1.82) is 0 Å². The minimum Gasteiger partial charge on any atom is -0.463 e. The van der Waals surface area contributed by atoms with E-state index in [-0.39, 0.29) is 12.2 Å². The van der Waals surface area contributed by atoms with E-state index < -0.39 is 12.0 Å². The summed E-state index contributed by atoms with van der Waals surface area (Å²) < 4.78 is 7.42. The SMILES string of the molecule is CCOC(=O)C1=C(C)N=c2sc(=Cc3ccncc3)c(=O)n2C1c1cccs1. The summed E-state index contributed by atoms with van der Waals surface area (Å²) in [7, 11) is 0. The predicted molar refractivity (Wildman–Crippen MR) is 109 cm³/mol. The molecule has 8 heteroatoms. The van der Waals surface area contributed by atoms with Crippen molar-refractivity contribution in [2.24, 2.45) is 4.99 Å². The highest BCUT2D eigenvalue weighted by molar-refractivity contribution is 7.10. The molecule has 0 aliphatic carbocycles. The van der Waals surface area contributed by atoms with Gasteiger partial charge >= 0.3 is 5.97 Å². The average Bonchev–Trinajstić information content (AvgIpc) is 3.31. The number of ether oxygens (including phenoxy) is 1. The maximum absolute atomic E-state index is 13.3. The van der Waals surface area contributed by atoms with Crippen LogP contribution in [0.1, 0.15) is 30.3 Å². The average molecular weight is 412 g/mol. The Labute approximate surface area is 168 Å². The lowest BCUT2D eigenvalue weighted by molar-refractivity contribution is -0.139. The number of carbonyl (C=O) groups excluding carboxylic acids is 1. The molecule has 1 unspecified atom stereocenters. The van der Waals surface area contributed by atoms with Crippen molar-refractivity contribution in [1.82, 2.24) is 9.55 Å². The van der Waals surface area contributed by atoms with Gasteiger partial charge in [-0.25, -0.2) is 9.79 Å². The Morgan fingerprint density at radius 2 is 2.11 bits per heavy atom. The van der Waals surface area contributed by atoms with E-state index in [1.165, 1.54) is 22.7 Å². The second-order valence-electron chi connectivity index (χ2n) is 6.10. The second-order valence-corrected chi connectivity index (χ2v) is 8.09. The highest BCUT2D eigenvalue weighted by atomic mass is 32.1. The van der Waals surface area contributed by atoms with Crippen molar-refractivity contribution >= 4 is 34.7 Å². The molecule has 1 aliphatic rings. The number of fused-ring (bicyclic) bond motifs is 1. The summed E-state index contributed by atoms with van der Waals surface area (Å²) in [4.78, 5) is 35.9. The Kier molecular flexibility index (Phi) is 5.06. The van der Waals surface area contributed by atoms with Crippen LogP contribution in [-0.2, 0) is 9.53 Å². The largest absolute Gasteiger partial charge is 0.463 e. The van der Waals surface area contributed by atoms with E-state index in [0.29, 0.717) is 20.6 Å². The molecule has 1 atom stereocenters. The summed E-state index contributed by atoms with van der Waals surface area (Å²) in [5.74, 6) is -0.439. The second kappa shape index (κ2) is 7.65. The number of hydrogen-bond donors (Lipinski definition) is 0. The molecule has 0 N–H and O–H groups in total. The van der Waals surface area contributed by atoms with Gasteiger partial charge < -0.3 is 4.74 Å². The molecule has 1 aliphatic heterocycles. The number of carbonyl (C=O) groups is 1. The van der Waals surface area contributed by atoms with Crippen LogP contribution in [0.5, 0.6) is 0 Å². The molecule has 4 rings (SSSR count). The van der Waals surface area contributed by atoms with Crippen LogP contribution in [0.25, 0.3) is 6.08 Å². The fraction of sp³-hybridized carbons (Fsp3) is 0.200. The fourth-order valence-corrected chi connectivity index (χ4v) is 4.99. The van der Waals surface area contributed by atoms with Crippen LogP contribution >= 0.6 is 22.7 Å². The molecule has 3 aromatic heterocycles. The molecule has 142 valence electrons. The van der Waals surface area contributed by atoms with Crippen LogP contribution in [0, 0.1) is 0 Å². The smallest absolute Gasteiger partial charge is 0.338 e. The van der Waals surface area contributed by atoms with Crippen LogP contribution in [-0.4, -0.2) is 22.1 Å². The maximum atomic E-state index is 13.3. The van der Waals surface area contributed by atoms with Gasteiger partial charge in [-0.05, 0) is 49.1 Å². The zero-order chi connectivity index (χ0) is 19.7. The normalized spacial score (nSPS) is 16.6. The molecule has 28 heavy (non-hydrogen) atoms. The van der Waals surface area contributed by atoms with Crippen LogP contribution in [0.4, 0.5) is 0 Å². The molecule has 0 saturated carbocycles. The first-order valence-electron chi connectivity index (χ1n) is 8.73. The molecule has 0 radical (unpaired) electrons. The number of esters is 1. The molecule has 0 fully saturated rings. The van der Waals surface area contributed by atoms with Crippen molar-refractivity contribution in [2.45, 2.75) is 19.9 Å². The standard InChI is InChI=1S/C20H17N3O3S2/c1-3-26-19(25)16-12(2)22-20-23(17(16)14-5-4-10-27-14)18(24)15(28-20)11-13-6-8-21-9-7-13/h4-11,17H,3H2,1-2H3. The van der Waals surface area contributed by atoms with E-state index in [9.17, 15) is 9.59 Å². The molecular weight excluding hydrogens is 394 g/mol. The minimum absolute atomic E-state index is 0.173. The van der Waals surface area contributed by atoms with Gasteiger partial charge in [0.1, 0.15) is 6.04 Å². The zero-order valence-corrected chi connectivity index (χ0v) is 16.9. The number of pyridine rings is 1. The maximum Gasteiger partial charge on any atom is 0.338 e. The fourth-order valence-electron chi connectivity index (χ4n) is 3.12. The van der Waals surface area contributed by atoms with Crippen LogP contribution < -0.4 is 14.9 Å². The summed E-state index contributed by atoms with van der Waals surface area (Å²) in [6, 6.07) is 6.97. The summed E-state index contributed by atoms with van der Waals surface area (Å²) >= 11 is 2.81. The lowest BCUT2D eigenvalue weighted by Crippen LogP contribution is -2.39. The van der Waals surface area contributed by atoms with Crippen molar-refractivity contribution in [2.75, 3.05) is 6.61 Å². The van der Waals surface area contributed by atoms with Crippen molar-refractivity contribution in [3.8, 4) is 0 Å². The Morgan fingerprint density at radius 3 is 2.79 bits per heavy atom. The highest BCUT2D eigenvalue weighted by Crippen LogP contribution is 2.33. The van der Waals surface area contributed by atoms with Crippen molar-refractivity contribution in [3.63, 3.8) is 0 Å². The number of aromatic nitrogens is 2. The van der Waals surface area contributed by atoms with Gasteiger partial charge in [-0.2, -0.15) is 0 Å². The minimum atomic E-state index is -0.533. The van der Waals surface area contributed by atoms with Gasteiger partial charge in [0, 0.05) is 17.3 Å². The monoisotopic (exact) mass is 411 g/mol. The predicted octanol–water partition coefficient (Wildman–Crippen LogP) is 2.25. The van der Waals surface area contributed by atoms with Gasteiger partial charge in [0.15, 0.2) is 4.80 Å².